The first-order valence-corrected chi connectivity index (χ1v) is 7.17. The summed E-state index contributed by atoms with van der Waals surface area (Å²) in [7, 11) is 1.67. The van der Waals surface area contributed by atoms with Crippen molar-refractivity contribution in [3.63, 3.8) is 0 Å². The molecule has 1 aromatic rings. The van der Waals surface area contributed by atoms with Crippen molar-refractivity contribution in [2.45, 2.75) is 32.2 Å². The Bertz CT molecular complexity index is 476. The molecule has 1 fully saturated rings. The van der Waals surface area contributed by atoms with E-state index in [4.69, 9.17) is 10.5 Å². The maximum Gasteiger partial charge on any atom is 0.242 e. The number of carbonyl (C=O) groups is 1. The summed E-state index contributed by atoms with van der Waals surface area (Å²) in [4.78, 5) is 14.0. The van der Waals surface area contributed by atoms with Gasteiger partial charge in [-0.15, -0.1) is 0 Å². The monoisotopic (exact) mass is 277 g/mol. The predicted octanol–water partition coefficient (Wildman–Crippen LogP) is 1.77. The third-order valence-electron chi connectivity index (χ3n) is 3.52. The van der Waals surface area contributed by atoms with E-state index < -0.39 is 0 Å². The van der Waals surface area contributed by atoms with Gasteiger partial charge in [0.1, 0.15) is 11.8 Å². The second kappa shape index (κ2) is 6.50. The quantitative estimate of drug-likeness (QED) is 0.805. The number of amides is 1. The van der Waals surface area contributed by atoms with Crippen molar-refractivity contribution in [2.24, 2.45) is 0 Å². The highest BCUT2D eigenvalue weighted by Gasteiger charge is 2.30. The number of hydrogen-bond acceptors (Lipinski definition) is 4. The predicted molar refractivity (Wildman–Crippen MR) is 81.1 cm³/mol. The third-order valence-corrected chi connectivity index (χ3v) is 3.52. The number of ether oxygens (including phenoxy) is 1. The van der Waals surface area contributed by atoms with Crippen LogP contribution in [0.25, 0.3) is 0 Å². The molecule has 0 bridgehead atoms. The number of carbonyl (C=O) groups excluding carboxylic acids is 1. The van der Waals surface area contributed by atoms with Crippen LogP contribution in [0.1, 0.15) is 26.2 Å². The normalized spacial score (nSPS) is 18.1. The van der Waals surface area contributed by atoms with Crippen LogP contribution in [0.4, 0.5) is 11.4 Å². The zero-order chi connectivity index (χ0) is 14.5. The van der Waals surface area contributed by atoms with Crippen LogP contribution in [0.2, 0.25) is 0 Å². The zero-order valence-electron chi connectivity index (χ0n) is 12.2. The molecule has 0 radical (unpaired) electrons. The zero-order valence-corrected chi connectivity index (χ0v) is 12.2. The number of nitrogens with one attached hydrogen (secondary N) is 1. The van der Waals surface area contributed by atoms with E-state index in [9.17, 15) is 4.79 Å². The number of rotatable bonds is 5. The summed E-state index contributed by atoms with van der Waals surface area (Å²) in [6, 6.07) is 5.58. The summed E-state index contributed by atoms with van der Waals surface area (Å²) in [5, 5.41) is 2.73. The van der Waals surface area contributed by atoms with Gasteiger partial charge in [-0.1, -0.05) is 6.92 Å². The summed E-state index contributed by atoms with van der Waals surface area (Å²) in [5.74, 6) is 0.824. The van der Waals surface area contributed by atoms with E-state index in [1.807, 2.05) is 18.2 Å². The lowest BCUT2D eigenvalue weighted by Crippen LogP contribution is -2.42. The summed E-state index contributed by atoms with van der Waals surface area (Å²) < 4.78 is 5.65. The van der Waals surface area contributed by atoms with Crippen LogP contribution >= 0.6 is 0 Å². The van der Waals surface area contributed by atoms with Gasteiger partial charge in [-0.05, 0) is 25.3 Å². The molecule has 1 aliphatic heterocycles. The number of anilines is 2. The number of nitrogens with zero attached hydrogens (tertiary/aromatic N) is 1. The fraction of sp³-hybridized carbons (Fsp3) is 0.533. The van der Waals surface area contributed by atoms with Gasteiger partial charge in [0.15, 0.2) is 0 Å². The molecule has 1 heterocycles. The highest BCUT2D eigenvalue weighted by atomic mass is 16.5. The lowest BCUT2D eigenvalue weighted by atomic mass is 10.2. The smallest absolute Gasteiger partial charge is 0.242 e. The van der Waals surface area contributed by atoms with Crippen LogP contribution in [0, 0.1) is 0 Å². The molecular weight excluding hydrogens is 254 g/mol. The van der Waals surface area contributed by atoms with Crippen molar-refractivity contribution < 1.29 is 9.53 Å². The molecule has 1 aromatic carbocycles. The van der Waals surface area contributed by atoms with Crippen molar-refractivity contribution >= 4 is 17.3 Å². The lowest BCUT2D eigenvalue weighted by Gasteiger charge is -2.26. The molecule has 0 saturated carbocycles. The molecule has 1 amide bonds. The molecule has 0 aromatic heterocycles. The molecule has 1 saturated heterocycles. The standard InChI is InChI=1S/C15H23N3O2/c1-3-7-20-13-9-11(16)8-12(10-13)18-6-4-5-14(18)15(19)17-2/h8-10,14H,3-7,16H2,1-2H3,(H,17,19). The van der Waals surface area contributed by atoms with E-state index in [0.29, 0.717) is 12.3 Å². The minimum absolute atomic E-state index is 0.0564. The molecule has 5 nitrogen and oxygen atoms in total. The first-order valence-electron chi connectivity index (χ1n) is 7.17. The molecule has 0 spiro atoms. The highest BCUT2D eigenvalue weighted by molar-refractivity contribution is 5.86. The molecule has 5 heteroatoms. The summed E-state index contributed by atoms with van der Waals surface area (Å²) in [6.07, 6.45) is 2.84. The highest BCUT2D eigenvalue weighted by Crippen LogP contribution is 2.31. The largest absolute Gasteiger partial charge is 0.493 e. The van der Waals surface area contributed by atoms with Crippen molar-refractivity contribution in [3.05, 3.63) is 18.2 Å². The van der Waals surface area contributed by atoms with Gasteiger partial charge >= 0.3 is 0 Å². The van der Waals surface area contributed by atoms with Crippen molar-refractivity contribution in [3.8, 4) is 5.75 Å². The topological polar surface area (TPSA) is 67.6 Å². The molecule has 3 N–H and O–H groups in total. The summed E-state index contributed by atoms with van der Waals surface area (Å²) in [6.45, 7) is 3.60. The number of nitrogen functional groups attached to an aromatic ring is 1. The van der Waals surface area contributed by atoms with Crippen molar-refractivity contribution in [1.82, 2.24) is 5.32 Å². The Labute approximate surface area is 120 Å². The SMILES string of the molecule is CCCOc1cc(N)cc(N2CCCC2C(=O)NC)c1. The molecule has 1 atom stereocenters. The van der Waals surface area contributed by atoms with Crippen LogP contribution in [-0.4, -0.2) is 32.1 Å². The third kappa shape index (κ3) is 3.15. The Balaban J connectivity index is 2.22. The van der Waals surface area contributed by atoms with Crippen LogP contribution in [-0.2, 0) is 4.79 Å². The van der Waals surface area contributed by atoms with Crippen LogP contribution in [0.3, 0.4) is 0 Å². The first-order chi connectivity index (χ1) is 9.65. The average Bonchev–Trinajstić information content (AvgIpc) is 2.93. The number of hydrogen-bond donors (Lipinski definition) is 2. The average molecular weight is 277 g/mol. The Kier molecular flexibility index (Phi) is 4.71. The second-order valence-corrected chi connectivity index (χ2v) is 5.07. The minimum atomic E-state index is -0.110. The van der Waals surface area contributed by atoms with E-state index in [2.05, 4.69) is 17.1 Å². The van der Waals surface area contributed by atoms with E-state index >= 15 is 0 Å². The van der Waals surface area contributed by atoms with E-state index in [0.717, 1.165) is 37.2 Å². The maximum atomic E-state index is 11.9. The van der Waals surface area contributed by atoms with Crippen LogP contribution in [0.5, 0.6) is 5.75 Å². The Morgan fingerprint density at radius 2 is 2.30 bits per heavy atom. The number of nitrogens with two attached hydrogens (primary N) is 1. The Hall–Kier alpha value is -1.91. The first kappa shape index (κ1) is 14.5. The van der Waals surface area contributed by atoms with Gasteiger partial charge in [-0.2, -0.15) is 0 Å². The fourth-order valence-electron chi connectivity index (χ4n) is 2.59. The number of benzene rings is 1. The molecule has 1 aliphatic rings. The van der Waals surface area contributed by atoms with Crippen LogP contribution in [0.15, 0.2) is 18.2 Å². The maximum absolute atomic E-state index is 11.9. The van der Waals surface area contributed by atoms with Gasteiger partial charge in [0, 0.05) is 37.1 Å². The molecular formula is C15H23N3O2. The second-order valence-electron chi connectivity index (χ2n) is 5.07. The number of likely N-dealkylation sites (N-methyl/N-ethyl adjacent to an activating group) is 1. The molecule has 2 rings (SSSR count). The molecule has 20 heavy (non-hydrogen) atoms. The summed E-state index contributed by atoms with van der Waals surface area (Å²) >= 11 is 0. The van der Waals surface area contributed by atoms with E-state index in [1.54, 1.807) is 7.05 Å². The van der Waals surface area contributed by atoms with E-state index in [-0.39, 0.29) is 11.9 Å². The van der Waals surface area contributed by atoms with Crippen molar-refractivity contribution in [1.29, 1.82) is 0 Å². The minimum Gasteiger partial charge on any atom is -0.493 e. The lowest BCUT2D eigenvalue weighted by molar-refractivity contribution is -0.121. The Morgan fingerprint density at radius 1 is 1.50 bits per heavy atom. The van der Waals surface area contributed by atoms with Gasteiger partial charge in [0.05, 0.1) is 6.61 Å². The molecule has 1 unspecified atom stereocenters. The molecule has 110 valence electrons. The van der Waals surface area contributed by atoms with Crippen molar-refractivity contribution in [2.75, 3.05) is 30.8 Å². The van der Waals surface area contributed by atoms with Gasteiger partial charge in [-0.3, -0.25) is 4.79 Å². The van der Waals surface area contributed by atoms with Crippen LogP contribution < -0.4 is 20.7 Å². The molecule has 0 aliphatic carbocycles. The van der Waals surface area contributed by atoms with Gasteiger partial charge in [0.2, 0.25) is 5.91 Å². The fourth-order valence-corrected chi connectivity index (χ4v) is 2.59. The van der Waals surface area contributed by atoms with Gasteiger partial charge in [-0.25, -0.2) is 0 Å². The van der Waals surface area contributed by atoms with Gasteiger partial charge < -0.3 is 20.7 Å². The van der Waals surface area contributed by atoms with E-state index in [1.165, 1.54) is 0 Å². The Morgan fingerprint density at radius 3 is 3.00 bits per heavy atom. The summed E-state index contributed by atoms with van der Waals surface area (Å²) in [5.41, 5.74) is 7.57. The van der Waals surface area contributed by atoms with Gasteiger partial charge in [0.25, 0.3) is 0 Å².